The third-order valence-corrected chi connectivity index (χ3v) is 3.08. The quantitative estimate of drug-likeness (QED) is 0.874. The van der Waals surface area contributed by atoms with Crippen molar-refractivity contribution < 1.29 is 18.8 Å². The number of carbonyl (C=O) groups is 2. The summed E-state index contributed by atoms with van der Waals surface area (Å²) in [5.41, 5.74) is 1.66. The Morgan fingerprint density at radius 1 is 1.33 bits per heavy atom. The first-order chi connectivity index (χ1) is 10.1. The summed E-state index contributed by atoms with van der Waals surface area (Å²) in [4.78, 5) is 24.1. The second kappa shape index (κ2) is 6.21. The van der Waals surface area contributed by atoms with E-state index in [1.807, 2.05) is 6.92 Å². The van der Waals surface area contributed by atoms with E-state index in [1.165, 1.54) is 7.11 Å². The molecule has 1 amide bonds. The Hall–Kier alpha value is -2.63. The lowest BCUT2D eigenvalue weighted by molar-refractivity contribution is 0.0602. The smallest absolute Gasteiger partial charge is 0.339 e. The van der Waals surface area contributed by atoms with Crippen molar-refractivity contribution in [2.75, 3.05) is 12.4 Å². The van der Waals surface area contributed by atoms with Gasteiger partial charge in [-0.15, -0.1) is 0 Å². The van der Waals surface area contributed by atoms with E-state index in [2.05, 4.69) is 10.5 Å². The number of hydrogen-bond acceptors (Lipinski definition) is 5. The topological polar surface area (TPSA) is 81.4 Å². The Morgan fingerprint density at radius 2 is 2.05 bits per heavy atom. The SMILES string of the molecule is CCc1noc(C)c1C(=O)Nc1ccccc1C(=O)OC. The molecular formula is C15H16N2O4. The molecule has 6 nitrogen and oxygen atoms in total. The van der Waals surface area contributed by atoms with Crippen LogP contribution in [-0.4, -0.2) is 24.1 Å². The molecule has 0 fully saturated rings. The van der Waals surface area contributed by atoms with Gasteiger partial charge < -0.3 is 14.6 Å². The van der Waals surface area contributed by atoms with Crippen molar-refractivity contribution in [3.8, 4) is 0 Å². The molecule has 2 rings (SSSR count). The van der Waals surface area contributed by atoms with Crippen LogP contribution in [0.15, 0.2) is 28.8 Å². The van der Waals surface area contributed by atoms with E-state index in [1.54, 1.807) is 31.2 Å². The molecule has 1 aromatic heterocycles. The van der Waals surface area contributed by atoms with Gasteiger partial charge in [0, 0.05) is 0 Å². The summed E-state index contributed by atoms with van der Waals surface area (Å²) in [6.07, 6.45) is 0.582. The van der Waals surface area contributed by atoms with Crippen LogP contribution in [0.5, 0.6) is 0 Å². The molecule has 1 N–H and O–H groups in total. The zero-order chi connectivity index (χ0) is 15.4. The van der Waals surface area contributed by atoms with E-state index in [-0.39, 0.29) is 5.91 Å². The van der Waals surface area contributed by atoms with Crippen molar-refractivity contribution in [3.63, 3.8) is 0 Å². The minimum atomic E-state index is -0.511. The number of nitrogens with one attached hydrogen (secondary N) is 1. The predicted octanol–water partition coefficient (Wildman–Crippen LogP) is 2.58. The zero-order valence-corrected chi connectivity index (χ0v) is 12.1. The number of anilines is 1. The Labute approximate surface area is 122 Å². The average molecular weight is 288 g/mol. The summed E-state index contributed by atoms with van der Waals surface area (Å²) in [5, 5.41) is 6.55. The predicted molar refractivity (Wildman–Crippen MR) is 76.4 cm³/mol. The molecule has 0 aliphatic carbocycles. The largest absolute Gasteiger partial charge is 0.465 e. The number of benzene rings is 1. The molecule has 110 valence electrons. The van der Waals surface area contributed by atoms with Gasteiger partial charge in [0.25, 0.3) is 5.91 Å². The molecule has 2 aromatic rings. The van der Waals surface area contributed by atoms with Crippen molar-refractivity contribution in [2.24, 2.45) is 0 Å². The van der Waals surface area contributed by atoms with E-state index < -0.39 is 5.97 Å². The molecule has 0 radical (unpaired) electrons. The first-order valence-corrected chi connectivity index (χ1v) is 6.52. The molecule has 0 aliphatic rings. The van der Waals surface area contributed by atoms with E-state index in [4.69, 9.17) is 9.26 Å². The minimum absolute atomic E-state index is 0.292. The van der Waals surface area contributed by atoms with E-state index in [0.29, 0.717) is 34.7 Å². The van der Waals surface area contributed by atoms with E-state index in [0.717, 1.165) is 0 Å². The fraction of sp³-hybridized carbons (Fsp3) is 0.267. The third-order valence-electron chi connectivity index (χ3n) is 3.08. The Kier molecular flexibility index (Phi) is 4.37. The highest BCUT2D eigenvalue weighted by Crippen LogP contribution is 2.20. The van der Waals surface area contributed by atoms with Crippen LogP contribution in [0.25, 0.3) is 0 Å². The summed E-state index contributed by atoms with van der Waals surface area (Å²) in [5.74, 6) is -0.425. The van der Waals surface area contributed by atoms with Crippen LogP contribution in [0.1, 0.15) is 39.1 Å². The van der Waals surface area contributed by atoms with Gasteiger partial charge in [0.05, 0.1) is 24.1 Å². The second-order valence-corrected chi connectivity index (χ2v) is 4.41. The van der Waals surface area contributed by atoms with Gasteiger partial charge in [0.1, 0.15) is 11.3 Å². The molecule has 0 saturated carbocycles. The Bertz CT molecular complexity index is 676. The van der Waals surface area contributed by atoms with Crippen LogP contribution in [0.4, 0.5) is 5.69 Å². The van der Waals surface area contributed by atoms with E-state index >= 15 is 0 Å². The number of esters is 1. The second-order valence-electron chi connectivity index (χ2n) is 4.41. The number of para-hydroxylation sites is 1. The van der Waals surface area contributed by atoms with Crippen molar-refractivity contribution >= 4 is 17.6 Å². The molecule has 6 heteroatoms. The first kappa shape index (κ1) is 14.8. The van der Waals surface area contributed by atoms with Crippen LogP contribution in [-0.2, 0) is 11.2 Å². The highest BCUT2D eigenvalue weighted by atomic mass is 16.5. The fourth-order valence-electron chi connectivity index (χ4n) is 2.02. The lowest BCUT2D eigenvalue weighted by atomic mass is 10.1. The number of amides is 1. The van der Waals surface area contributed by atoms with Gasteiger partial charge >= 0.3 is 5.97 Å². The molecule has 21 heavy (non-hydrogen) atoms. The minimum Gasteiger partial charge on any atom is -0.465 e. The highest BCUT2D eigenvalue weighted by molar-refractivity contribution is 6.08. The normalized spacial score (nSPS) is 10.2. The molecule has 1 heterocycles. The average Bonchev–Trinajstić information content (AvgIpc) is 2.88. The maximum absolute atomic E-state index is 12.4. The number of rotatable bonds is 4. The zero-order valence-electron chi connectivity index (χ0n) is 12.1. The summed E-state index contributed by atoms with van der Waals surface area (Å²) in [6.45, 7) is 3.56. The molecule has 1 aromatic carbocycles. The summed E-state index contributed by atoms with van der Waals surface area (Å²) in [6, 6.07) is 6.65. The van der Waals surface area contributed by atoms with Crippen molar-refractivity contribution in [1.29, 1.82) is 0 Å². The van der Waals surface area contributed by atoms with Crippen LogP contribution in [0.3, 0.4) is 0 Å². The molecular weight excluding hydrogens is 272 g/mol. The molecule has 0 saturated heterocycles. The van der Waals surface area contributed by atoms with Gasteiger partial charge in [0.15, 0.2) is 0 Å². The monoisotopic (exact) mass is 288 g/mol. The lowest BCUT2D eigenvalue weighted by Gasteiger charge is -2.09. The summed E-state index contributed by atoms with van der Waals surface area (Å²) in [7, 11) is 1.29. The van der Waals surface area contributed by atoms with Crippen LogP contribution in [0.2, 0.25) is 0 Å². The molecule has 0 spiro atoms. The lowest BCUT2D eigenvalue weighted by Crippen LogP contribution is -2.17. The van der Waals surface area contributed by atoms with E-state index in [9.17, 15) is 9.59 Å². The number of hydrogen-bond donors (Lipinski definition) is 1. The van der Waals surface area contributed by atoms with Crippen molar-refractivity contribution in [2.45, 2.75) is 20.3 Å². The van der Waals surface area contributed by atoms with Crippen molar-refractivity contribution in [1.82, 2.24) is 5.16 Å². The molecule has 0 atom stereocenters. The maximum atomic E-state index is 12.4. The summed E-state index contributed by atoms with van der Waals surface area (Å²) < 4.78 is 9.74. The van der Waals surface area contributed by atoms with Crippen LogP contribution >= 0.6 is 0 Å². The molecule has 0 aliphatic heterocycles. The van der Waals surface area contributed by atoms with Crippen LogP contribution in [0, 0.1) is 6.92 Å². The number of aryl methyl sites for hydroxylation is 2. The van der Waals surface area contributed by atoms with Gasteiger partial charge in [-0.05, 0) is 25.5 Å². The highest BCUT2D eigenvalue weighted by Gasteiger charge is 2.21. The number of carbonyl (C=O) groups excluding carboxylic acids is 2. The molecule has 0 bridgehead atoms. The number of aromatic nitrogens is 1. The van der Waals surface area contributed by atoms with Gasteiger partial charge in [-0.3, -0.25) is 4.79 Å². The summed E-state index contributed by atoms with van der Waals surface area (Å²) >= 11 is 0. The Morgan fingerprint density at radius 3 is 2.71 bits per heavy atom. The maximum Gasteiger partial charge on any atom is 0.339 e. The standard InChI is InChI=1S/C15H16N2O4/c1-4-11-13(9(2)21-17-11)14(18)16-12-8-6-5-7-10(12)15(19)20-3/h5-8H,4H2,1-3H3,(H,16,18). The number of nitrogens with zero attached hydrogens (tertiary/aromatic N) is 1. The van der Waals surface area contributed by atoms with Crippen molar-refractivity contribution in [3.05, 3.63) is 46.8 Å². The van der Waals surface area contributed by atoms with Gasteiger partial charge in [-0.2, -0.15) is 0 Å². The number of methoxy groups -OCH3 is 1. The Balaban J connectivity index is 2.32. The first-order valence-electron chi connectivity index (χ1n) is 6.52. The van der Waals surface area contributed by atoms with Crippen LogP contribution < -0.4 is 5.32 Å². The van der Waals surface area contributed by atoms with Gasteiger partial charge in [-0.1, -0.05) is 24.2 Å². The molecule has 0 unspecified atom stereocenters. The fourth-order valence-corrected chi connectivity index (χ4v) is 2.02. The third kappa shape index (κ3) is 2.94. The number of ether oxygens (including phenoxy) is 1. The van der Waals surface area contributed by atoms with Gasteiger partial charge in [0.2, 0.25) is 0 Å². The van der Waals surface area contributed by atoms with Gasteiger partial charge in [-0.25, -0.2) is 4.79 Å².